The smallest absolute Gasteiger partial charge is 0.354 e. The second-order valence-electron chi connectivity index (χ2n) is 4.84. The van der Waals surface area contributed by atoms with Crippen LogP contribution < -0.4 is 5.32 Å². The Bertz CT molecular complexity index is 447. The molecular formula is C11H15N3O3. The number of aromatic nitrogens is 2. The van der Waals surface area contributed by atoms with E-state index in [1.807, 2.05) is 13.8 Å². The molecule has 1 aromatic heterocycles. The average molecular weight is 237 g/mol. The summed E-state index contributed by atoms with van der Waals surface area (Å²) < 4.78 is 0. The Hall–Kier alpha value is -1.69. The van der Waals surface area contributed by atoms with Gasteiger partial charge in [0.25, 0.3) is 0 Å². The first-order valence-corrected chi connectivity index (χ1v) is 5.42. The molecule has 6 heteroatoms. The summed E-state index contributed by atoms with van der Waals surface area (Å²) in [5, 5.41) is 21.4. The van der Waals surface area contributed by atoms with Gasteiger partial charge in [0, 0.05) is 17.7 Å². The van der Waals surface area contributed by atoms with Gasteiger partial charge in [0.05, 0.1) is 6.10 Å². The highest BCUT2D eigenvalue weighted by Gasteiger charge is 2.47. The lowest BCUT2D eigenvalue weighted by atomic mass is 9.65. The summed E-state index contributed by atoms with van der Waals surface area (Å²) >= 11 is 0. The molecule has 1 heterocycles. The number of carbonyl (C=O) groups is 1. The van der Waals surface area contributed by atoms with Crippen LogP contribution in [0.4, 0.5) is 5.95 Å². The Morgan fingerprint density at radius 1 is 1.59 bits per heavy atom. The monoisotopic (exact) mass is 237 g/mol. The SMILES string of the molecule is CC1(C)C(O)CC1Nc1nccc(C(=O)O)n1. The third kappa shape index (κ3) is 2.08. The average Bonchev–Trinajstić information content (AvgIpc) is 2.29. The Morgan fingerprint density at radius 2 is 2.29 bits per heavy atom. The van der Waals surface area contributed by atoms with Gasteiger partial charge in [-0.1, -0.05) is 13.8 Å². The second kappa shape index (κ2) is 3.96. The third-order valence-electron chi connectivity index (χ3n) is 3.39. The largest absolute Gasteiger partial charge is 0.477 e. The van der Waals surface area contributed by atoms with Crippen LogP contribution in [0.5, 0.6) is 0 Å². The number of nitrogens with zero attached hydrogens (tertiary/aromatic N) is 2. The first kappa shape index (κ1) is 11.8. The molecule has 0 spiro atoms. The van der Waals surface area contributed by atoms with E-state index in [0.29, 0.717) is 6.42 Å². The van der Waals surface area contributed by atoms with Gasteiger partial charge in [-0.2, -0.15) is 0 Å². The lowest BCUT2D eigenvalue weighted by molar-refractivity contribution is -0.0512. The summed E-state index contributed by atoms with van der Waals surface area (Å²) in [6.07, 6.45) is 1.68. The van der Waals surface area contributed by atoms with Crippen LogP contribution in [0.25, 0.3) is 0 Å². The van der Waals surface area contributed by atoms with Gasteiger partial charge in [0.2, 0.25) is 5.95 Å². The molecule has 6 nitrogen and oxygen atoms in total. The van der Waals surface area contributed by atoms with E-state index >= 15 is 0 Å². The quantitative estimate of drug-likeness (QED) is 0.718. The summed E-state index contributed by atoms with van der Waals surface area (Å²) in [6, 6.07) is 1.40. The van der Waals surface area contributed by atoms with Crippen molar-refractivity contribution >= 4 is 11.9 Å². The van der Waals surface area contributed by atoms with Gasteiger partial charge >= 0.3 is 5.97 Å². The molecule has 2 rings (SSSR count). The lowest BCUT2D eigenvalue weighted by Gasteiger charge is -2.49. The van der Waals surface area contributed by atoms with Gasteiger partial charge < -0.3 is 15.5 Å². The zero-order valence-corrected chi connectivity index (χ0v) is 9.71. The Balaban J connectivity index is 2.10. The van der Waals surface area contributed by atoms with Gasteiger partial charge in [0.15, 0.2) is 5.69 Å². The van der Waals surface area contributed by atoms with Crippen molar-refractivity contribution in [1.82, 2.24) is 9.97 Å². The minimum atomic E-state index is -1.08. The van der Waals surface area contributed by atoms with Crippen molar-refractivity contribution in [2.24, 2.45) is 5.41 Å². The summed E-state index contributed by atoms with van der Waals surface area (Å²) in [7, 11) is 0. The van der Waals surface area contributed by atoms with Crippen LogP contribution in [-0.4, -0.2) is 38.3 Å². The van der Waals surface area contributed by atoms with Crippen LogP contribution >= 0.6 is 0 Å². The predicted molar refractivity (Wildman–Crippen MR) is 60.8 cm³/mol. The molecule has 0 aliphatic heterocycles. The molecule has 1 aliphatic rings. The first-order chi connectivity index (χ1) is 7.91. The number of carboxylic acid groups (broad SMARTS) is 1. The van der Waals surface area contributed by atoms with Gasteiger partial charge in [-0.25, -0.2) is 14.8 Å². The van der Waals surface area contributed by atoms with Crippen LogP contribution in [0, 0.1) is 5.41 Å². The van der Waals surface area contributed by atoms with Crippen LogP contribution in [0.15, 0.2) is 12.3 Å². The number of rotatable bonds is 3. The standard InChI is InChI=1S/C11H15N3O3/c1-11(2)7(5-8(11)15)14-10-12-4-3-6(13-10)9(16)17/h3-4,7-8,15H,5H2,1-2H3,(H,16,17)(H,12,13,14). The molecule has 0 amide bonds. The molecular weight excluding hydrogens is 222 g/mol. The number of carboxylic acids is 1. The number of aliphatic hydroxyl groups excluding tert-OH is 1. The van der Waals surface area contributed by atoms with Crippen LogP contribution in [-0.2, 0) is 0 Å². The molecule has 2 unspecified atom stereocenters. The fourth-order valence-electron chi connectivity index (χ4n) is 1.85. The predicted octanol–water partition coefficient (Wildman–Crippen LogP) is 0.746. The van der Waals surface area contributed by atoms with Crippen LogP contribution in [0.1, 0.15) is 30.8 Å². The van der Waals surface area contributed by atoms with E-state index in [1.54, 1.807) is 0 Å². The number of aromatic carboxylic acids is 1. The maximum atomic E-state index is 10.7. The van der Waals surface area contributed by atoms with Crippen molar-refractivity contribution in [3.8, 4) is 0 Å². The molecule has 0 aromatic carbocycles. The number of nitrogens with one attached hydrogen (secondary N) is 1. The van der Waals surface area contributed by atoms with Crippen molar-refractivity contribution in [2.75, 3.05) is 5.32 Å². The van der Waals surface area contributed by atoms with Crippen molar-refractivity contribution in [1.29, 1.82) is 0 Å². The zero-order chi connectivity index (χ0) is 12.6. The molecule has 0 bridgehead atoms. The molecule has 0 radical (unpaired) electrons. The molecule has 3 N–H and O–H groups in total. The minimum absolute atomic E-state index is 0.0415. The van der Waals surface area contributed by atoms with E-state index in [2.05, 4.69) is 15.3 Å². The van der Waals surface area contributed by atoms with Crippen molar-refractivity contribution in [3.05, 3.63) is 18.0 Å². The molecule has 1 aromatic rings. The van der Waals surface area contributed by atoms with E-state index in [1.165, 1.54) is 12.3 Å². The lowest BCUT2D eigenvalue weighted by Crippen LogP contribution is -2.57. The molecule has 1 saturated carbocycles. The second-order valence-corrected chi connectivity index (χ2v) is 4.84. The molecule has 17 heavy (non-hydrogen) atoms. The Labute approximate surface area is 98.7 Å². The first-order valence-electron chi connectivity index (χ1n) is 5.42. The topological polar surface area (TPSA) is 95.3 Å². The normalized spacial score (nSPS) is 26.1. The Kier molecular flexibility index (Phi) is 2.74. The number of aliphatic hydroxyl groups is 1. The fourth-order valence-corrected chi connectivity index (χ4v) is 1.85. The summed E-state index contributed by atoms with van der Waals surface area (Å²) in [4.78, 5) is 18.6. The maximum absolute atomic E-state index is 10.7. The molecule has 0 saturated heterocycles. The van der Waals surface area contributed by atoms with Gasteiger partial charge in [-0.15, -0.1) is 0 Å². The van der Waals surface area contributed by atoms with E-state index in [4.69, 9.17) is 5.11 Å². The van der Waals surface area contributed by atoms with Crippen molar-refractivity contribution < 1.29 is 15.0 Å². The molecule has 1 fully saturated rings. The highest BCUT2D eigenvalue weighted by molar-refractivity contribution is 5.85. The highest BCUT2D eigenvalue weighted by Crippen LogP contribution is 2.41. The maximum Gasteiger partial charge on any atom is 0.354 e. The van der Waals surface area contributed by atoms with Gasteiger partial charge in [-0.3, -0.25) is 0 Å². The van der Waals surface area contributed by atoms with Crippen LogP contribution in [0.3, 0.4) is 0 Å². The Morgan fingerprint density at radius 3 is 2.82 bits per heavy atom. The fraction of sp³-hybridized carbons (Fsp3) is 0.545. The van der Waals surface area contributed by atoms with E-state index in [-0.39, 0.29) is 29.2 Å². The summed E-state index contributed by atoms with van der Waals surface area (Å²) in [5.74, 6) is -0.793. The van der Waals surface area contributed by atoms with E-state index in [0.717, 1.165) is 0 Å². The van der Waals surface area contributed by atoms with E-state index < -0.39 is 5.97 Å². The third-order valence-corrected chi connectivity index (χ3v) is 3.39. The van der Waals surface area contributed by atoms with Gasteiger partial charge in [-0.05, 0) is 12.5 Å². The summed E-state index contributed by atoms with van der Waals surface area (Å²) in [5.41, 5.74) is -0.289. The zero-order valence-electron chi connectivity index (χ0n) is 9.71. The minimum Gasteiger partial charge on any atom is -0.477 e. The highest BCUT2D eigenvalue weighted by atomic mass is 16.4. The van der Waals surface area contributed by atoms with E-state index in [9.17, 15) is 9.90 Å². The van der Waals surface area contributed by atoms with Crippen LogP contribution in [0.2, 0.25) is 0 Å². The number of anilines is 1. The summed E-state index contributed by atoms with van der Waals surface area (Å²) in [6.45, 7) is 3.89. The number of hydrogen-bond acceptors (Lipinski definition) is 5. The van der Waals surface area contributed by atoms with Crippen molar-refractivity contribution in [2.45, 2.75) is 32.4 Å². The van der Waals surface area contributed by atoms with Crippen molar-refractivity contribution in [3.63, 3.8) is 0 Å². The number of hydrogen-bond donors (Lipinski definition) is 3. The van der Waals surface area contributed by atoms with Gasteiger partial charge in [0.1, 0.15) is 0 Å². The molecule has 1 aliphatic carbocycles. The molecule has 92 valence electrons. The molecule has 2 atom stereocenters.